The lowest BCUT2D eigenvalue weighted by atomic mass is 10.0. The molecule has 2 unspecified atom stereocenters. The molecule has 1 amide bonds. The fraction of sp³-hybridized carbons (Fsp3) is 0.860. The molecule has 0 rings (SSSR count). The van der Waals surface area contributed by atoms with Gasteiger partial charge in [-0.15, -0.1) is 0 Å². The third-order valence-corrected chi connectivity index (χ3v) is 12.1. The van der Waals surface area contributed by atoms with Crippen molar-refractivity contribution in [3.63, 3.8) is 0 Å². The Balaban J connectivity index is 3.85. The van der Waals surface area contributed by atoms with Crippen molar-refractivity contribution in [2.45, 2.75) is 270 Å². The minimum Gasteiger partial charge on any atom is -0.387 e. The van der Waals surface area contributed by atoms with Crippen LogP contribution >= 0.6 is 0 Å². The zero-order valence-electron chi connectivity index (χ0n) is 37.7. The summed E-state index contributed by atoms with van der Waals surface area (Å²) in [6.07, 6.45) is 58.6. The Hall–Kier alpha value is -1.44. The maximum absolute atomic E-state index is 12.6. The van der Waals surface area contributed by atoms with E-state index in [1.807, 2.05) is 6.08 Å². The zero-order chi connectivity index (χ0) is 41.8. The number of carbonyl (C=O) groups is 1. The van der Waals surface area contributed by atoms with Crippen LogP contribution in [-0.4, -0.2) is 41.9 Å². The van der Waals surface area contributed by atoms with E-state index in [9.17, 15) is 22.9 Å². The van der Waals surface area contributed by atoms with Crippen LogP contribution in [0.5, 0.6) is 0 Å². The van der Waals surface area contributed by atoms with E-state index in [-0.39, 0.29) is 12.3 Å². The van der Waals surface area contributed by atoms with Crippen LogP contribution in [0.15, 0.2) is 36.5 Å². The lowest BCUT2D eigenvalue weighted by Crippen LogP contribution is -2.46. The quantitative estimate of drug-likeness (QED) is 0.0322. The van der Waals surface area contributed by atoms with Gasteiger partial charge in [0.1, 0.15) is 0 Å². The average Bonchev–Trinajstić information content (AvgIpc) is 3.18. The van der Waals surface area contributed by atoms with E-state index >= 15 is 0 Å². The number of hydrogen-bond acceptors (Lipinski definition) is 4. The summed E-state index contributed by atoms with van der Waals surface area (Å²) >= 11 is 0. The first-order valence-corrected chi connectivity index (χ1v) is 26.3. The van der Waals surface area contributed by atoms with Gasteiger partial charge in [-0.1, -0.05) is 230 Å². The second-order valence-electron chi connectivity index (χ2n) is 17.1. The molecule has 0 aromatic carbocycles. The molecule has 0 radical (unpaired) electrons. The Kier molecular flexibility index (Phi) is 43.0. The van der Waals surface area contributed by atoms with Gasteiger partial charge in [0.05, 0.1) is 17.9 Å². The Labute approximate surface area is 355 Å². The molecule has 57 heavy (non-hydrogen) atoms. The first kappa shape index (κ1) is 55.6. The molecule has 0 aromatic heterocycles. The number of allylic oxidation sites excluding steroid dienone is 5. The molecular formula is C50H95NO5S. The van der Waals surface area contributed by atoms with Gasteiger partial charge < -0.3 is 10.4 Å². The van der Waals surface area contributed by atoms with E-state index in [2.05, 4.69) is 43.5 Å². The Morgan fingerprint density at radius 3 is 1.11 bits per heavy atom. The monoisotopic (exact) mass is 822 g/mol. The van der Waals surface area contributed by atoms with Gasteiger partial charge in [-0.2, -0.15) is 8.42 Å². The van der Waals surface area contributed by atoms with E-state index in [0.717, 1.165) is 38.5 Å². The van der Waals surface area contributed by atoms with Crippen LogP contribution < -0.4 is 5.32 Å². The number of rotatable bonds is 45. The van der Waals surface area contributed by atoms with E-state index in [0.29, 0.717) is 0 Å². The third-order valence-electron chi connectivity index (χ3n) is 11.3. The number of aliphatic hydroxyl groups is 1. The highest BCUT2D eigenvalue weighted by atomic mass is 32.2. The van der Waals surface area contributed by atoms with E-state index in [1.54, 1.807) is 0 Å². The van der Waals surface area contributed by atoms with Gasteiger partial charge in [-0.25, -0.2) is 0 Å². The summed E-state index contributed by atoms with van der Waals surface area (Å²) < 4.78 is 32.6. The predicted molar refractivity (Wildman–Crippen MR) is 249 cm³/mol. The largest absolute Gasteiger partial charge is 0.387 e. The molecule has 336 valence electrons. The molecule has 0 fully saturated rings. The molecule has 0 heterocycles. The number of aliphatic hydroxyl groups excluding tert-OH is 1. The Bertz CT molecular complexity index is 1040. The number of hydrogen-bond donors (Lipinski definition) is 3. The van der Waals surface area contributed by atoms with E-state index in [4.69, 9.17) is 0 Å². The van der Waals surface area contributed by atoms with Crippen molar-refractivity contribution in [1.82, 2.24) is 5.32 Å². The lowest BCUT2D eigenvalue weighted by Gasteiger charge is -2.21. The van der Waals surface area contributed by atoms with Gasteiger partial charge in [0.25, 0.3) is 10.1 Å². The van der Waals surface area contributed by atoms with Gasteiger partial charge in [-0.3, -0.25) is 9.35 Å². The summed E-state index contributed by atoms with van der Waals surface area (Å²) in [5, 5.41) is 13.3. The predicted octanol–water partition coefficient (Wildman–Crippen LogP) is 15.3. The fourth-order valence-corrected chi connectivity index (χ4v) is 8.31. The molecule has 3 N–H and O–H groups in total. The van der Waals surface area contributed by atoms with Crippen LogP contribution in [0.4, 0.5) is 0 Å². The number of nitrogens with one attached hydrogen (secondary N) is 1. The van der Waals surface area contributed by atoms with Gasteiger partial charge in [0, 0.05) is 6.42 Å². The summed E-state index contributed by atoms with van der Waals surface area (Å²) in [7, 11) is -4.36. The molecule has 0 bridgehead atoms. The Morgan fingerprint density at radius 1 is 0.456 bits per heavy atom. The molecule has 0 aliphatic heterocycles. The van der Waals surface area contributed by atoms with Crippen LogP contribution in [0.1, 0.15) is 258 Å². The smallest absolute Gasteiger partial charge is 0.267 e. The molecule has 6 nitrogen and oxygen atoms in total. The van der Waals surface area contributed by atoms with Gasteiger partial charge in [0.15, 0.2) is 0 Å². The first-order valence-electron chi connectivity index (χ1n) is 24.7. The van der Waals surface area contributed by atoms with Crippen molar-refractivity contribution in [2.24, 2.45) is 0 Å². The average molecular weight is 822 g/mol. The zero-order valence-corrected chi connectivity index (χ0v) is 38.5. The molecule has 0 saturated carbocycles. The maximum Gasteiger partial charge on any atom is 0.267 e. The lowest BCUT2D eigenvalue weighted by molar-refractivity contribution is -0.122. The van der Waals surface area contributed by atoms with Gasteiger partial charge >= 0.3 is 0 Å². The van der Waals surface area contributed by atoms with Crippen molar-refractivity contribution >= 4 is 16.0 Å². The van der Waals surface area contributed by atoms with Crippen LogP contribution in [0.3, 0.4) is 0 Å². The van der Waals surface area contributed by atoms with Crippen molar-refractivity contribution in [1.29, 1.82) is 0 Å². The normalized spacial score (nSPS) is 13.4. The van der Waals surface area contributed by atoms with Crippen molar-refractivity contribution in [3.8, 4) is 0 Å². The molecule has 0 aromatic rings. The topological polar surface area (TPSA) is 104 Å². The van der Waals surface area contributed by atoms with Crippen molar-refractivity contribution in [2.75, 3.05) is 5.75 Å². The molecular weight excluding hydrogens is 727 g/mol. The van der Waals surface area contributed by atoms with Crippen molar-refractivity contribution < 1.29 is 22.9 Å². The minimum atomic E-state index is -4.36. The summed E-state index contributed by atoms with van der Waals surface area (Å²) in [5.41, 5.74) is 0. The highest BCUT2D eigenvalue weighted by molar-refractivity contribution is 7.85. The second-order valence-corrected chi connectivity index (χ2v) is 18.6. The summed E-state index contributed by atoms with van der Waals surface area (Å²) in [5.74, 6) is -0.997. The molecule has 0 aliphatic carbocycles. The molecule has 7 heteroatoms. The second kappa shape index (κ2) is 44.1. The first-order chi connectivity index (χ1) is 27.8. The summed E-state index contributed by atoms with van der Waals surface area (Å²) in [4.78, 5) is 12.6. The van der Waals surface area contributed by atoms with Crippen molar-refractivity contribution in [3.05, 3.63) is 36.5 Å². The molecule has 0 aliphatic rings. The fourth-order valence-electron chi connectivity index (χ4n) is 7.58. The minimum absolute atomic E-state index is 0.287. The van der Waals surface area contributed by atoms with Crippen LogP contribution in [0.25, 0.3) is 0 Å². The maximum atomic E-state index is 12.6. The van der Waals surface area contributed by atoms with Crippen LogP contribution in [0, 0.1) is 0 Å². The van der Waals surface area contributed by atoms with Crippen LogP contribution in [-0.2, 0) is 14.9 Å². The summed E-state index contributed by atoms with van der Waals surface area (Å²) in [6, 6.07) is -1.07. The molecule has 0 saturated heterocycles. The van der Waals surface area contributed by atoms with E-state index < -0.39 is 28.0 Å². The summed E-state index contributed by atoms with van der Waals surface area (Å²) in [6.45, 7) is 4.55. The van der Waals surface area contributed by atoms with Gasteiger partial charge in [0.2, 0.25) is 5.91 Å². The Morgan fingerprint density at radius 2 is 0.754 bits per heavy atom. The molecule has 0 spiro atoms. The van der Waals surface area contributed by atoms with Gasteiger partial charge in [-0.05, 0) is 57.8 Å². The SMILES string of the molecule is CCCCCCCCCC/C=C\CCCCCCCCCCCC(=O)NC(CS(=O)(=O)O)C(O)/C=C/CC/C=C/CCCCCCCCCCCCCCCCC. The van der Waals surface area contributed by atoms with E-state index in [1.165, 1.54) is 205 Å². The molecule has 2 atom stereocenters. The number of amides is 1. The number of unbranched alkanes of at least 4 members (excludes halogenated alkanes) is 33. The third kappa shape index (κ3) is 45.5. The standard InChI is InChI=1S/C50H95NO5S/c1-3-5-7-9-11-13-15-17-19-21-23-25-27-29-31-33-35-37-39-41-43-45-49(52)48(47-57(54,55)56)51-50(53)46-44-42-40-38-36-34-32-30-28-26-24-22-20-18-16-14-12-10-8-6-4-2/h22,24,35,37,43,45,48-49,52H,3-21,23,25-34,36,38-42,44,46-47H2,1-2H3,(H,51,53)(H,54,55,56)/b24-22-,37-35+,45-43+. The van der Waals surface area contributed by atoms with Crippen LogP contribution in [0.2, 0.25) is 0 Å². The highest BCUT2D eigenvalue weighted by Gasteiger charge is 2.24. The number of carbonyl (C=O) groups excluding carboxylic acids is 1. The highest BCUT2D eigenvalue weighted by Crippen LogP contribution is 2.16.